The van der Waals surface area contributed by atoms with E-state index >= 15 is 0 Å². The minimum Gasteiger partial charge on any atom is -0.462 e. The van der Waals surface area contributed by atoms with Crippen molar-refractivity contribution in [1.82, 2.24) is 4.98 Å². The first-order chi connectivity index (χ1) is 6.45. The monoisotopic (exact) mass is 213 g/mol. The lowest BCUT2D eigenvalue weighted by molar-refractivity contribution is 0.0532. The molecular weight excluding hydrogens is 198 g/mol. The Morgan fingerprint density at radius 1 is 1.57 bits per heavy atom. The van der Waals surface area contributed by atoms with Crippen molar-refractivity contribution in [3.05, 3.63) is 16.1 Å². The Balaban J connectivity index is 2.83. The Labute approximate surface area is 88.1 Å². The van der Waals surface area contributed by atoms with Gasteiger partial charge in [0.25, 0.3) is 0 Å². The summed E-state index contributed by atoms with van der Waals surface area (Å²) in [6.07, 6.45) is 1.59. The average Bonchev–Trinajstić information content (AvgIpc) is 2.51. The molecule has 3 nitrogen and oxygen atoms in total. The summed E-state index contributed by atoms with van der Waals surface area (Å²) in [5.41, 5.74) is -0.00455. The number of esters is 1. The van der Waals surface area contributed by atoms with Crippen LogP contribution >= 0.6 is 11.3 Å². The van der Waals surface area contributed by atoms with Crippen LogP contribution in [0.25, 0.3) is 0 Å². The zero-order valence-electron chi connectivity index (χ0n) is 8.96. The summed E-state index contributed by atoms with van der Waals surface area (Å²) in [6, 6.07) is 0. The lowest BCUT2D eigenvalue weighted by Gasteiger charge is -2.13. The molecule has 1 heterocycles. The molecule has 0 aliphatic carbocycles. The summed E-state index contributed by atoms with van der Waals surface area (Å²) in [7, 11) is 0. The van der Waals surface area contributed by atoms with Gasteiger partial charge in [0.05, 0.1) is 17.8 Å². The summed E-state index contributed by atoms with van der Waals surface area (Å²) < 4.78 is 4.89. The summed E-state index contributed by atoms with van der Waals surface area (Å²) >= 11 is 1.40. The van der Waals surface area contributed by atoms with E-state index in [4.69, 9.17) is 4.74 Å². The normalized spacial score (nSPS) is 11.4. The van der Waals surface area contributed by atoms with Gasteiger partial charge in [-0.05, 0) is 6.92 Å². The Morgan fingerprint density at radius 2 is 2.21 bits per heavy atom. The van der Waals surface area contributed by atoms with Crippen molar-refractivity contribution in [1.29, 1.82) is 0 Å². The maximum absolute atomic E-state index is 11.3. The van der Waals surface area contributed by atoms with Crippen molar-refractivity contribution in [2.24, 2.45) is 0 Å². The van der Waals surface area contributed by atoms with Crippen LogP contribution in [0.1, 0.15) is 42.4 Å². The van der Waals surface area contributed by atoms with Crippen LogP contribution in [0.5, 0.6) is 0 Å². The highest BCUT2D eigenvalue weighted by Gasteiger charge is 2.20. The van der Waals surface area contributed by atoms with Gasteiger partial charge in [0, 0.05) is 5.41 Å². The molecular formula is C10H15NO2S. The zero-order valence-corrected chi connectivity index (χ0v) is 9.77. The molecule has 1 aromatic heterocycles. The Kier molecular flexibility index (Phi) is 3.26. The van der Waals surface area contributed by atoms with E-state index in [1.165, 1.54) is 11.3 Å². The molecule has 0 unspecified atom stereocenters. The van der Waals surface area contributed by atoms with Gasteiger partial charge < -0.3 is 4.74 Å². The molecule has 0 aliphatic rings. The molecule has 1 rings (SSSR count). The van der Waals surface area contributed by atoms with Gasteiger partial charge in [-0.1, -0.05) is 20.8 Å². The number of ether oxygens (including phenoxy) is 1. The fraction of sp³-hybridized carbons (Fsp3) is 0.600. The number of carbonyl (C=O) groups is 1. The molecule has 0 aliphatic heterocycles. The Morgan fingerprint density at radius 3 is 2.64 bits per heavy atom. The van der Waals surface area contributed by atoms with E-state index in [1.54, 1.807) is 13.1 Å². The second-order valence-electron chi connectivity index (χ2n) is 4.00. The second-order valence-corrected chi connectivity index (χ2v) is 5.03. The van der Waals surface area contributed by atoms with Gasteiger partial charge in [0.1, 0.15) is 4.88 Å². The highest BCUT2D eigenvalue weighted by atomic mass is 32.1. The van der Waals surface area contributed by atoms with E-state index in [-0.39, 0.29) is 11.4 Å². The Hall–Kier alpha value is -0.900. The molecule has 0 spiro atoms. The van der Waals surface area contributed by atoms with E-state index in [1.807, 2.05) is 0 Å². The van der Waals surface area contributed by atoms with E-state index in [0.29, 0.717) is 11.5 Å². The Bertz CT molecular complexity index is 325. The molecule has 0 fully saturated rings. The van der Waals surface area contributed by atoms with Crippen molar-refractivity contribution in [2.75, 3.05) is 6.61 Å². The first-order valence-corrected chi connectivity index (χ1v) is 5.40. The van der Waals surface area contributed by atoms with E-state index in [9.17, 15) is 4.79 Å². The fourth-order valence-electron chi connectivity index (χ4n) is 0.917. The number of hydrogen-bond acceptors (Lipinski definition) is 4. The number of aromatic nitrogens is 1. The highest BCUT2D eigenvalue weighted by Crippen LogP contribution is 2.26. The third-order valence-electron chi connectivity index (χ3n) is 1.62. The highest BCUT2D eigenvalue weighted by molar-refractivity contribution is 7.13. The third-order valence-corrected chi connectivity index (χ3v) is 3.03. The van der Waals surface area contributed by atoms with Gasteiger partial charge in [-0.15, -0.1) is 11.3 Å². The standard InChI is InChI=1S/C10H15NO2S/c1-5-13-8(12)7-6-11-9(14-7)10(2,3)4/h6H,5H2,1-4H3. The van der Waals surface area contributed by atoms with Gasteiger partial charge in [0.15, 0.2) is 0 Å². The van der Waals surface area contributed by atoms with Crippen molar-refractivity contribution in [2.45, 2.75) is 33.1 Å². The molecule has 0 atom stereocenters. The number of nitrogens with zero attached hydrogens (tertiary/aromatic N) is 1. The lowest BCUT2D eigenvalue weighted by atomic mass is 9.98. The number of thiazole rings is 1. The van der Waals surface area contributed by atoms with Crippen LogP contribution in [0.3, 0.4) is 0 Å². The third kappa shape index (κ3) is 2.54. The van der Waals surface area contributed by atoms with Crippen LogP contribution in [-0.4, -0.2) is 17.6 Å². The van der Waals surface area contributed by atoms with Crippen molar-refractivity contribution >= 4 is 17.3 Å². The van der Waals surface area contributed by atoms with Crippen LogP contribution in [0.15, 0.2) is 6.20 Å². The minimum atomic E-state index is -0.277. The molecule has 0 saturated carbocycles. The number of hydrogen-bond donors (Lipinski definition) is 0. The molecule has 0 N–H and O–H groups in total. The van der Waals surface area contributed by atoms with Gasteiger partial charge in [-0.25, -0.2) is 9.78 Å². The van der Waals surface area contributed by atoms with Gasteiger partial charge in [-0.2, -0.15) is 0 Å². The summed E-state index contributed by atoms with van der Waals surface area (Å²) in [6.45, 7) is 8.41. The predicted molar refractivity (Wildman–Crippen MR) is 56.8 cm³/mol. The summed E-state index contributed by atoms with van der Waals surface area (Å²) in [5.74, 6) is -0.277. The van der Waals surface area contributed by atoms with Gasteiger partial charge >= 0.3 is 5.97 Å². The minimum absolute atomic E-state index is 0.00455. The molecule has 0 radical (unpaired) electrons. The lowest BCUT2D eigenvalue weighted by Crippen LogP contribution is -2.09. The van der Waals surface area contributed by atoms with Crippen LogP contribution in [0.2, 0.25) is 0 Å². The topological polar surface area (TPSA) is 39.2 Å². The molecule has 1 aromatic rings. The van der Waals surface area contributed by atoms with E-state index < -0.39 is 0 Å². The maximum atomic E-state index is 11.3. The molecule has 0 aromatic carbocycles. The smallest absolute Gasteiger partial charge is 0.349 e. The number of carbonyl (C=O) groups excluding carboxylic acids is 1. The van der Waals surface area contributed by atoms with Crippen LogP contribution in [-0.2, 0) is 10.2 Å². The van der Waals surface area contributed by atoms with Crippen molar-refractivity contribution in [3.63, 3.8) is 0 Å². The first-order valence-electron chi connectivity index (χ1n) is 4.58. The second kappa shape index (κ2) is 4.09. The zero-order chi connectivity index (χ0) is 10.8. The van der Waals surface area contributed by atoms with Crippen molar-refractivity contribution in [3.8, 4) is 0 Å². The quantitative estimate of drug-likeness (QED) is 0.709. The summed E-state index contributed by atoms with van der Waals surface area (Å²) in [4.78, 5) is 16.1. The molecule has 14 heavy (non-hydrogen) atoms. The van der Waals surface area contributed by atoms with Crippen LogP contribution < -0.4 is 0 Å². The molecule has 0 amide bonds. The van der Waals surface area contributed by atoms with Gasteiger partial charge in [0.2, 0.25) is 0 Å². The van der Waals surface area contributed by atoms with Gasteiger partial charge in [-0.3, -0.25) is 0 Å². The molecule has 0 saturated heterocycles. The van der Waals surface area contributed by atoms with Crippen LogP contribution in [0, 0.1) is 0 Å². The van der Waals surface area contributed by atoms with E-state index in [0.717, 1.165) is 5.01 Å². The largest absolute Gasteiger partial charge is 0.462 e. The first kappa shape index (κ1) is 11.2. The van der Waals surface area contributed by atoms with Crippen LogP contribution in [0.4, 0.5) is 0 Å². The average molecular weight is 213 g/mol. The molecule has 4 heteroatoms. The molecule has 78 valence electrons. The predicted octanol–water partition coefficient (Wildman–Crippen LogP) is 2.62. The maximum Gasteiger partial charge on any atom is 0.349 e. The van der Waals surface area contributed by atoms with E-state index in [2.05, 4.69) is 25.8 Å². The number of rotatable bonds is 2. The van der Waals surface area contributed by atoms with Crippen molar-refractivity contribution < 1.29 is 9.53 Å². The fourth-order valence-corrected chi connectivity index (χ4v) is 1.79. The SMILES string of the molecule is CCOC(=O)c1cnc(C(C)(C)C)s1. The molecule has 0 bridgehead atoms. The summed E-state index contributed by atoms with van der Waals surface area (Å²) in [5, 5.41) is 0.959.